The van der Waals surface area contributed by atoms with Gasteiger partial charge in [0.05, 0.1) is 10.6 Å². The van der Waals surface area contributed by atoms with Crippen LogP contribution in [-0.2, 0) is 31.4 Å². The molecule has 33 heavy (non-hydrogen) atoms. The predicted molar refractivity (Wildman–Crippen MR) is 125 cm³/mol. The smallest absolute Gasteiger partial charge is 0.252 e. The second-order valence-electron chi connectivity index (χ2n) is 8.01. The van der Waals surface area contributed by atoms with Gasteiger partial charge in [-0.25, -0.2) is 8.42 Å². The molecule has 0 saturated carbocycles. The van der Waals surface area contributed by atoms with Gasteiger partial charge in [0.25, 0.3) is 5.91 Å². The topological polar surface area (TPSA) is 127 Å². The van der Waals surface area contributed by atoms with Gasteiger partial charge < -0.3 is 9.84 Å². The van der Waals surface area contributed by atoms with Gasteiger partial charge in [0, 0.05) is 35.2 Å². The molecule has 0 aliphatic carbocycles. The van der Waals surface area contributed by atoms with E-state index in [-0.39, 0.29) is 22.0 Å². The highest BCUT2D eigenvalue weighted by Gasteiger charge is 2.45. The molecule has 2 aromatic rings. The van der Waals surface area contributed by atoms with E-state index in [1.807, 2.05) is 0 Å². The summed E-state index contributed by atoms with van der Waals surface area (Å²) in [7, 11) is -3.93. The Balaban J connectivity index is 1.58. The van der Waals surface area contributed by atoms with E-state index >= 15 is 0 Å². The number of Topliss-reactive ketones (excluding diaryl/α,β-unsaturated/α-hetero) is 1. The molecule has 0 spiro atoms. The van der Waals surface area contributed by atoms with Crippen molar-refractivity contribution in [3.05, 3.63) is 41.7 Å². The first-order chi connectivity index (χ1) is 15.8. The van der Waals surface area contributed by atoms with E-state index in [2.05, 4.69) is 17.4 Å². The molecule has 1 aliphatic rings. The summed E-state index contributed by atoms with van der Waals surface area (Å²) >= 11 is 0. The first-order valence-electron chi connectivity index (χ1n) is 11.0. The van der Waals surface area contributed by atoms with E-state index in [0.717, 1.165) is 23.6 Å². The summed E-state index contributed by atoms with van der Waals surface area (Å²) in [6.45, 7) is 2.16. The van der Waals surface area contributed by atoms with Crippen LogP contribution >= 0.6 is 0 Å². The Hall–Kier alpha value is -2.37. The number of benzene rings is 1. The standard InChI is InChI=1S/C22H29N3O6S2/c1-3-4-5-6-7-10-13-32(28)15-16-14-19(24-31-16)23-22(27)20-21(26)17-11-8-9-12-18(17)33(29,30)25(20)2/h8-9,11-12,14,20H,3-7,10,13,15H2,1-2H3,(H,23,24,27). The van der Waals surface area contributed by atoms with E-state index in [1.54, 1.807) is 6.07 Å². The number of carbonyl (C=O) groups excluding carboxylic acids is 2. The molecule has 0 bridgehead atoms. The zero-order valence-corrected chi connectivity index (χ0v) is 20.4. The fourth-order valence-corrected chi connectivity index (χ4v) is 6.29. The molecular formula is C22H29N3O6S2. The van der Waals surface area contributed by atoms with Crippen LogP contribution in [0.25, 0.3) is 0 Å². The highest BCUT2D eigenvalue weighted by Crippen LogP contribution is 2.29. The number of unbranched alkanes of at least 4 members (excludes halogenated alkanes) is 5. The minimum atomic E-state index is -4.00. The molecule has 2 heterocycles. The van der Waals surface area contributed by atoms with Gasteiger partial charge >= 0.3 is 0 Å². The molecule has 1 aromatic carbocycles. The quantitative estimate of drug-likeness (QED) is 0.375. The number of hydrogen-bond donors (Lipinski definition) is 1. The van der Waals surface area contributed by atoms with Crippen molar-refractivity contribution in [2.24, 2.45) is 0 Å². The number of nitrogens with one attached hydrogen (secondary N) is 1. The lowest BCUT2D eigenvalue weighted by molar-refractivity contribution is -0.118. The molecule has 9 nitrogen and oxygen atoms in total. The second kappa shape index (κ2) is 11.2. The number of ketones is 1. The summed E-state index contributed by atoms with van der Waals surface area (Å²) in [5.41, 5.74) is -0.0262. The van der Waals surface area contributed by atoms with E-state index < -0.39 is 38.6 Å². The number of hydrogen-bond acceptors (Lipinski definition) is 7. The molecule has 1 aliphatic heterocycles. The van der Waals surface area contributed by atoms with Crippen LogP contribution in [0.2, 0.25) is 0 Å². The van der Waals surface area contributed by atoms with Crippen molar-refractivity contribution < 1.29 is 26.7 Å². The Kier molecular flexibility index (Phi) is 8.55. The number of aromatic nitrogens is 1. The molecule has 2 unspecified atom stereocenters. The van der Waals surface area contributed by atoms with E-state index in [1.165, 1.54) is 50.6 Å². The Morgan fingerprint density at radius 2 is 1.88 bits per heavy atom. The van der Waals surface area contributed by atoms with E-state index in [4.69, 9.17) is 4.52 Å². The summed E-state index contributed by atoms with van der Waals surface area (Å²) in [6.07, 6.45) is 6.65. The lowest BCUT2D eigenvalue weighted by atomic mass is 10.0. The van der Waals surface area contributed by atoms with Gasteiger partial charge in [-0.1, -0.05) is 56.3 Å². The maximum atomic E-state index is 12.8. The Labute approximate surface area is 196 Å². The molecule has 0 saturated heterocycles. The first-order valence-corrected chi connectivity index (χ1v) is 13.9. The number of nitrogens with zero attached hydrogens (tertiary/aromatic N) is 2. The summed E-state index contributed by atoms with van der Waals surface area (Å²) in [5, 5.41) is 6.18. The number of likely N-dealkylation sites (N-methyl/N-ethyl adjacent to an activating group) is 1. The Morgan fingerprint density at radius 3 is 2.64 bits per heavy atom. The Morgan fingerprint density at radius 1 is 1.18 bits per heavy atom. The molecule has 1 N–H and O–H groups in total. The monoisotopic (exact) mass is 495 g/mol. The fourth-order valence-electron chi connectivity index (χ4n) is 3.69. The van der Waals surface area contributed by atoms with Crippen molar-refractivity contribution in [3.8, 4) is 0 Å². The van der Waals surface area contributed by atoms with Gasteiger partial charge in [-0.15, -0.1) is 0 Å². The molecular weight excluding hydrogens is 466 g/mol. The number of anilines is 1. The lowest BCUT2D eigenvalue weighted by Gasteiger charge is -2.30. The van der Waals surface area contributed by atoms with E-state index in [9.17, 15) is 22.2 Å². The number of sulfonamides is 1. The molecule has 1 amide bonds. The SMILES string of the molecule is CCCCCCCCS(=O)Cc1cc(NC(=O)C2C(=O)c3ccccc3S(=O)(=O)N2C)no1. The average Bonchev–Trinajstić information content (AvgIpc) is 3.21. The zero-order valence-electron chi connectivity index (χ0n) is 18.8. The maximum Gasteiger partial charge on any atom is 0.252 e. The summed E-state index contributed by atoms with van der Waals surface area (Å²) in [4.78, 5) is 25.5. The highest BCUT2D eigenvalue weighted by molar-refractivity contribution is 7.89. The van der Waals surface area contributed by atoms with Crippen molar-refractivity contribution in [1.82, 2.24) is 9.46 Å². The van der Waals surface area contributed by atoms with Crippen LogP contribution in [0.5, 0.6) is 0 Å². The van der Waals surface area contributed by atoms with Crippen LogP contribution in [0.4, 0.5) is 5.82 Å². The van der Waals surface area contributed by atoms with Crippen molar-refractivity contribution in [1.29, 1.82) is 0 Å². The molecule has 2 atom stereocenters. The second-order valence-corrected chi connectivity index (χ2v) is 11.6. The Bertz CT molecular complexity index is 1130. The normalized spacial score (nSPS) is 18.6. The molecule has 0 fully saturated rings. The van der Waals surface area contributed by atoms with Gasteiger partial charge in [-0.2, -0.15) is 4.31 Å². The highest BCUT2D eigenvalue weighted by atomic mass is 32.2. The summed E-state index contributed by atoms with van der Waals surface area (Å²) < 4.78 is 43.6. The van der Waals surface area contributed by atoms with Gasteiger partial charge in [0.1, 0.15) is 0 Å². The van der Waals surface area contributed by atoms with Gasteiger partial charge in [-0.05, 0) is 18.6 Å². The number of carbonyl (C=O) groups is 2. The third-order valence-corrected chi connectivity index (χ3v) is 8.74. The molecule has 11 heteroatoms. The lowest BCUT2D eigenvalue weighted by Crippen LogP contribution is -2.53. The number of fused-ring (bicyclic) bond motifs is 1. The zero-order chi connectivity index (χ0) is 24.0. The van der Waals surface area contributed by atoms with Gasteiger partial charge in [-0.3, -0.25) is 13.8 Å². The van der Waals surface area contributed by atoms with Crippen LogP contribution in [-0.4, -0.2) is 52.6 Å². The predicted octanol–water partition coefficient (Wildman–Crippen LogP) is 3.11. The minimum Gasteiger partial charge on any atom is -0.358 e. The largest absolute Gasteiger partial charge is 0.358 e. The molecule has 180 valence electrons. The van der Waals surface area contributed by atoms with Crippen LogP contribution in [0.1, 0.15) is 61.6 Å². The molecule has 1 aromatic heterocycles. The fraction of sp³-hybridized carbons (Fsp3) is 0.500. The number of rotatable bonds is 11. The van der Waals surface area contributed by atoms with Gasteiger partial charge in [0.2, 0.25) is 10.0 Å². The third kappa shape index (κ3) is 5.96. The third-order valence-electron chi connectivity index (χ3n) is 5.51. The summed E-state index contributed by atoms with van der Waals surface area (Å²) in [6, 6.07) is 5.66. The summed E-state index contributed by atoms with van der Waals surface area (Å²) in [5.74, 6) is -0.354. The van der Waals surface area contributed by atoms with Crippen molar-refractivity contribution in [2.45, 2.75) is 62.1 Å². The van der Waals surface area contributed by atoms with Crippen molar-refractivity contribution in [3.63, 3.8) is 0 Å². The maximum absolute atomic E-state index is 12.8. The average molecular weight is 496 g/mol. The van der Waals surface area contributed by atoms with Crippen LogP contribution in [0, 0.1) is 0 Å². The molecule has 3 rings (SSSR count). The van der Waals surface area contributed by atoms with Crippen LogP contribution < -0.4 is 5.32 Å². The van der Waals surface area contributed by atoms with E-state index in [0.29, 0.717) is 11.5 Å². The van der Waals surface area contributed by atoms with Crippen LogP contribution in [0.15, 0.2) is 39.8 Å². The first kappa shape index (κ1) is 25.3. The van der Waals surface area contributed by atoms with Crippen molar-refractivity contribution >= 4 is 38.3 Å². The van der Waals surface area contributed by atoms with Crippen LogP contribution in [0.3, 0.4) is 0 Å². The van der Waals surface area contributed by atoms with Crippen molar-refractivity contribution in [2.75, 3.05) is 18.1 Å². The minimum absolute atomic E-state index is 0.0262. The van der Waals surface area contributed by atoms with Gasteiger partial charge in [0.15, 0.2) is 23.4 Å². The molecule has 0 radical (unpaired) electrons. The number of amides is 1.